The number of rotatable bonds is 5. The lowest BCUT2D eigenvalue weighted by molar-refractivity contribution is -0.128. The number of hydrogen-bond acceptors (Lipinski definition) is 2. The second-order valence-electron chi connectivity index (χ2n) is 8.11. The lowest BCUT2D eigenvalue weighted by Gasteiger charge is -2.30. The third kappa shape index (κ3) is 6.36. The van der Waals surface area contributed by atoms with E-state index in [-0.39, 0.29) is 11.3 Å². The van der Waals surface area contributed by atoms with E-state index >= 15 is 0 Å². The maximum absolute atomic E-state index is 11.9. The Labute approximate surface area is 158 Å². The highest BCUT2D eigenvalue weighted by molar-refractivity contribution is 5.82. The van der Waals surface area contributed by atoms with Crippen LogP contribution in [0.4, 0.5) is 0 Å². The molecule has 0 spiro atoms. The van der Waals surface area contributed by atoms with Gasteiger partial charge in [-0.1, -0.05) is 51.1 Å². The molecule has 1 fully saturated rings. The van der Waals surface area contributed by atoms with E-state index in [1.807, 2.05) is 20.8 Å². The topological polar surface area (TPSA) is 65.5 Å². The van der Waals surface area contributed by atoms with Crippen molar-refractivity contribution >= 4 is 11.9 Å². The van der Waals surface area contributed by atoms with Gasteiger partial charge in [-0.25, -0.2) is 0 Å². The summed E-state index contributed by atoms with van der Waals surface area (Å²) in [5.74, 6) is 1.57. The molecule has 144 valence electrons. The van der Waals surface area contributed by atoms with Crippen LogP contribution in [0.5, 0.6) is 0 Å². The molecule has 1 aromatic rings. The normalized spacial score (nSPS) is 21.2. The van der Waals surface area contributed by atoms with Crippen LogP contribution in [0.15, 0.2) is 35.3 Å². The zero-order valence-electron chi connectivity index (χ0n) is 16.6. The molecule has 1 aliphatic rings. The van der Waals surface area contributed by atoms with Gasteiger partial charge in [0.25, 0.3) is 0 Å². The highest BCUT2D eigenvalue weighted by Gasteiger charge is 2.23. The molecule has 5 nitrogen and oxygen atoms in total. The number of nitrogens with zero attached hydrogens (tertiary/aromatic N) is 1. The van der Waals surface area contributed by atoms with Crippen molar-refractivity contribution in [2.75, 3.05) is 20.1 Å². The Morgan fingerprint density at radius 3 is 2.23 bits per heavy atom. The van der Waals surface area contributed by atoms with Gasteiger partial charge in [-0.15, -0.1) is 0 Å². The van der Waals surface area contributed by atoms with Crippen LogP contribution < -0.4 is 16.0 Å². The average Bonchev–Trinajstić information content (AvgIpc) is 2.64. The van der Waals surface area contributed by atoms with E-state index in [2.05, 4.69) is 51.3 Å². The number of carbonyl (C=O) groups excluding carboxylic acids is 1. The van der Waals surface area contributed by atoms with Crippen molar-refractivity contribution in [2.45, 2.75) is 58.4 Å². The summed E-state index contributed by atoms with van der Waals surface area (Å²) in [6.07, 6.45) is 4.72. The molecule has 1 amide bonds. The summed E-state index contributed by atoms with van der Waals surface area (Å²) in [5.41, 5.74) is 1.11. The predicted octanol–water partition coefficient (Wildman–Crippen LogP) is 3.04. The Kier molecular flexibility index (Phi) is 7.49. The molecule has 0 bridgehead atoms. The summed E-state index contributed by atoms with van der Waals surface area (Å²) in [4.78, 5) is 16.2. The first-order valence-electron chi connectivity index (χ1n) is 9.70. The molecule has 2 rings (SSSR count). The summed E-state index contributed by atoms with van der Waals surface area (Å²) in [6, 6.07) is 11.3. The van der Waals surface area contributed by atoms with E-state index in [0.29, 0.717) is 25.0 Å². The maximum atomic E-state index is 11.9. The highest BCUT2D eigenvalue weighted by Crippen LogP contribution is 2.32. The van der Waals surface area contributed by atoms with E-state index in [1.54, 1.807) is 7.05 Å². The molecular formula is C21H34N4O. The largest absolute Gasteiger partial charge is 0.355 e. The lowest BCUT2D eigenvalue weighted by atomic mass is 9.82. The van der Waals surface area contributed by atoms with E-state index in [0.717, 1.165) is 18.8 Å². The molecule has 3 N–H and O–H groups in total. The van der Waals surface area contributed by atoms with E-state index in [4.69, 9.17) is 0 Å². The summed E-state index contributed by atoms with van der Waals surface area (Å²) < 4.78 is 0. The highest BCUT2D eigenvalue weighted by atomic mass is 16.2. The van der Waals surface area contributed by atoms with Gasteiger partial charge >= 0.3 is 0 Å². The molecule has 0 aliphatic heterocycles. The number of aliphatic imine (C=N–C) groups is 1. The molecule has 0 heterocycles. The molecule has 0 unspecified atom stereocenters. The van der Waals surface area contributed by atoms with Gasteiger partial charge in [0.05, 0.1) is 0 Å². The van der Waals surface area contributed by atoms with E-state index in [1.165, 1.54) is 18.4 Å². The Hall–Kier alpha value is -2.04. The third-order valence-corrected chi connectivity index (χ3v) is 4.95. The summed E-state index contributed by atoms with van der Waals surface area (Å²) >= 11 is 0. The summed E-state index contributed by atoms with van der Waals surface area (Å²) in [5, 5.41) is 9.76. The smallest absolute Gasteiger partial charge is 0.225 e. The fourth-order valence-corrected chi connectivity index (χ4v) is 3.31. The van der Waals surface area contributed by atoms with Gasteiger partial charge in [0.15, 0.2) is 5.96 Å². The van der Waals surface area contributed by atoms with Crippen LogP contribution in [0.25, 0.3) is 0 Å². The predicted molar refractivity (Wildman–Crippen MR) is 108 cm³/mol. The molecule has 0 aromatic heterocycles. The van der Waals surface area contributed by atoms with Crippen molar-refractivity contribution in [2.24, 2.45) is 10.4 Å². The standard InChI is InChI=1S/C21H34N4O/c1-21(2,3)19(26)23-14-15-24-20(22-4)25-18-12-10-17(11-13-18)16-8-6-5-7-9-16/h5-9,17-18H,10-15H2,1-4H3,(H,23,26)(H2,22,24,25). The number of hydrogen-bond donors (Lipinski definition) is 3. The van der Waals surface area contributed by atoms with E-state index in [9.17, 15) is 4.79 Å². The zero-order valence-corrected chi connectivity index (χ0v) is 16.6. The fraction of sp³-hybridized carbons (Fsp3) is 0.619. The molecule has 0 radical (unpaired) electrons. The Bertz CT molecular complexity index is 584. The first kappa shape index (κ1) is 20.3. The second kappa shape index (κ2) is 9.60. The van der Waals surface area contributed by atoms with Crippen LogP contribution >= 0.6 is 0 Å². The summed E-state index contributed by atoms with van der Waals surface area (Å²) in [7, 11) is 1.79. The quantitative estimate of drug-likeness (QED) is 0.431. The second-order valence-corrected chi connectivity index (χ2v) is 8.11. The zero-order chi connectivity index (χ0) is 19.0. The van der Waals surface area contributed by atoms with Gasteiger partial charge < -0.3 is 16.0 Å². The monoisotopic (exact) mass is 358 g/mol. The minimum atomic E-state index is -0.350. The SMILES string of the molecule is CN=C(NCCNC(=O)C(C)(C)C)NC1CCC(c2ccccc2)CC1. The van der Waals surface area contributed by atoms with Gasteiger partial charge in [0, 0.05) is 31.6 Å². The van der Waals surface area contributed by atoms with Crippen molar-refractivity contribution in [3.05, 3.63) is 35.9 Å². The van der Waals surface area contributed by atoms with Crippen LogP contribution in [0.1, 0.15) is 57.9 Å². The third-order valence-electron chi connectivity index (χ3n) is 4.95. The molecule has 1 saturated carbocycles. The summed E-state index contributed by atoms with van der Waals surface area (Å²) in [6.45, 7) is 7.02. The van der Waals surface area contributed by atoms with Crippen LogP contribution in [0.3, 0.4) is 0 Å². The molecule has 26 heavy (non-hydrogen) atoms. The minimum Gasteiger partial charge on any atom is -0.355 e. The van der Waals surface area contributed by atoms with Crippen LogP contribution in [0, 0.1) is 5.41 Å². The van der Waals surface area contributed by atoms with Crippen LogP contribution in [-0.2, 0) is 4.79 Å². The van der Waals surface area contributed by atoms with Crippen LogP contribution in [0.2, 0.25) is 0 Å². The van der Waals surface area contributed by atoms with Gasteiger partial charge in [0.2, 0.25) is 5.91 Å². The number of benzene rings is 1. The molecule has 1 aromatic carbocycles. The first-order valence-corrected chi connectivity index (χ1v) is 9.70. The number of amides is 1. The van der Waals surface area contributed by atoms with Gasteiger partial charge in [0.1, 0.15) is 0 Å². The Balaban J connectivity index is 1.68. The molecule has 1 aliphatic carbocycles. The molecular weight excluding hydrogens is 324 g/mol. The molecule has 0 atom stereocenters. The Morgan fingerprint density at radius 1 is 1.04 bits per heavy atom. The Morgan fingerprint density at radius 2 is 1.65 bits per heavy atom. The van der Waals surface area contributed by atoms with Gasteiger partial charge in [-0.3, -0.25) is 9.79 Å². The number of nitrogens with one attached hydrogen (secondary N) is 3. The molecule has 0 saturated heterocycles. The van der Waals surface area contributed by atoms with Gasteiger partial charge in [-0.05, 0) is 37.2 Å². The van der Waals surface area contributed by atoms with Crippen molar-refractivity contribution in [1.82, 2.24) is 16.0 Å². The fourth-order valence-electron chi connectivity index (χ4n) is 3.31. The minimum absolute atomic E-state index is 0.0708. The molecule has 5 heteroatoms. The average molecular weight is 359 g/mol. The van der Waals surface area contributed by atoms with E-state index < -0.39 is 0 Å². The first-order chi connectivity index (χ1) is 12.4. The number of carbonyl (C=O) groups is 1. The lowest BCUT2D eigenvalue weighted by Crippen LogP contribution is -2.47. The van der Waals surface area contributed by atoms with Crippen LogP contribution in [-0.4, -0.2) is 38.0 Å². The van der Waals surface area contributed by atoms with Crippen molar-refractivity contribution < 1.29 is 4.79 Å². The van der Waals surface area contributed by atoms with Crippen molar-refractivity contribution in [3.8, 4) is 0 Å². The van der Waals surface area contributed by atoms with Crippen molar-refractivity contribution in [3.63, 3.8) is 0 Å². The van der Waals surface area contributed by atoms with Gasteiger partial charge in [-0.2, -0.15) is 0 Å². The number of guanidine groups is 1. The maximum Gasteiger partial charge on any atom is 0.225 e. The van der Waals surface area contributed by atoms with Crippen molar-refractivity contribution in [1.29, 1.82) is 0 Å².